The standard InChI is InChI=1S/C56H38N2OSi/c1-5-17-41(18-6-1)57-52-35-31-40(39-29-32-42(33-30-39)58-51-27-15-13-25-47(51)55-48-26-14-16-28-54(48)59-56(55)58)37-49(52)50-38-46(34-36-53(50)57)60(43-19-7-2-8-20-43,44-21-9-3-10-22-44)45-23-11-4-12-24-45/h1-38H. The van der Waals surface area contributed by atoms with Crippen molar-refractivity contribution in [2.45, 2.75) is 0 Å². The van der Waals surface area contributed by atoms with Gasteiger partial charge in [0.1, 0.15) is 5.58 Å². The van der Waals surface area contributed by atoms with Crippen LogP contribution in [0.3, 0.4) is 0 Å². The number of hydrogen-bond acceptors (Lipinski definition) is 1. The average Bonchev–Trinajstić information content (AvgIpc) is 3.97. The summed E-state index contributed by atoms with van der Waals surface area (Å²) in [6, 6.07) is 84.4. The smallest absolute Gasteiger partial charge is 0.213 e. The number of hydrogen-bond donors (Lipinski definition) is 0. The van der Waals surface area contributed by atoms with Crippen molar-refractivity contribution in [1.82, 2.24) is 9.13 Å². The van der Waals surface area contributed by atoms with Gasteiger partial charge < -0.3 is 8.98 Å². The van der Waals surface area contributed by atoms with Gasteiger partial charge in [0.25, 0.3) is 0 Å². The van der Waals surface area contributed by atoms with Gasteiger partial charge in [-0.15, -0.1) is 0 Å². The molecule has 0 aliphatic rings. The lowest BCUT2D eigenvalue weighted by molar-refractivity contribution is 0.645. The number of benzene rings is 9. The minimum atomic E-state index is -2.75. The first-order chi connectivity index (χ1) is 29.8. The molecule has 0 radical (unpaired) electrons. The van der Waals surface area contributed by atoms with Gasteiger partial charge in [0.2, 0.25) is 5.71 Å². The predicted octanol–water partition coefficient (Wildman–Crippen LogP) is 11.7. The van der Waals surface area contributed by atoms with E-state index in [0.29, 0.717) is 0 Å². The summed E-state index contributed by atoms with van der Waals surface area (Å²) in [6.45, 7) is 0. The second kappa shape index (κ2) is 13.7. The van der Waals surface area contributed by atoms with Crippen LogP contribution in [0.1, 0.15) is 0 Å². The van der Waals surface area contributed by atoms with Crippen molar-refractivity contribution in [3.63, 3.8) is 0 Å². The van der Waals surface area contributed by atoms with E-state index in [-0.39, 0.29) is 0 Å². The maximum absolute atomic E-state index is 6.55. The van der Waals surface area contributed by atoms with Crippen LogP contribution in [0.4, 0.5) is 0 Å². The van der Waals surface area contributed by atoms with Crippen LogP contribution in [0.25, 0.3) is 77.3 Å². The molecule has 9 aromatic carbocycles. The summed E-state index contributed by atoms with van der Waals surface area (Å²) >= 11 is 0. The lowest BCUT2D eigenvalue weighted by Crippen LogP contribution is -2.74. The fraction of sp³-hybridized carbons (Fsp3) is 0. The molecule has 0 spiro atoms. The van der Waals surface area contributed by atoms with Crippen molar-refractivity contribution in [2.75, 3.05) is 0 Å². The SMILES string of the molecule is c1ccc(-n2c3ccc(-c4ccc(-n5c6ccccc6c6c7ccccc7oc65)cc4)cc3c3cc([Si](c4ccccc4)(c4ccccc4)c4ccccc4)ccc32)cc1. The Kier molecular flexibility index (Phi) is 7.87. The van der Waals surface area contributed by atoms with Crippen LogP contribution < -0.4 is 20.7 Å². The van der Waals surface area contributed by atoms with Gasteiger partial charge in [0.15, 0.2) is 8.07 Å². The Bertz CT molecular complexity index is 3420. The number of para-hydroxylation sites is 3. The Balaban J connectivity index is 1.07. The van der Waals surface area contributed by atoms with Crippen molar-refractivity contribution >= 4 is 83.6 Å². The Morgan fingerprint density at radius 3 is 1.45 bits per heavy atom. The molecule has 0 N–H and O–H groups in total. The van der Waals surface area contributed by atoms with Crippen LogP contribution in [0, 0.1) is 0 Å². The molecular formula is C56H38N2OSi. The van der Waals surface area contributed by atoms with Crippen molar-refractivity contribution in [2.24, 2.45) is 0 Å². The third kappa shape index (κ3) is 5.14. The van der Waals surface area contributed by atoms with Gasteiger partial charge in [-0.1, -0.05) is 176 Å². The normalized spacial score (nSPS) is 12.0. The Morgan fingerprint density at radius 2 is 0.800 bits per heavy atom. The first kappa shape index (κ1) is 34.4. The first-order valence-corrected chi connectivity index (χ1v) is 22.6. The summed E-state index contributed by atoms with van der Waals surface area (Å²) in [4.78, 5) is 0. The van der Waals surface area contributed by atoms with E-state index >= 15 is 0 Å². The van der Waals surface area contributed by atoms with Gasteiger partial charge in [0, 0.05) is 32.9 Å². The van der Waals surface area contributed by atoms with E-state index in [2.05, 4.69) is 234 Å². The lowest BCUT2D eigenvalue weighted by Gasteiger charge is -2.34. The van der Waals surface area contributed by atoms with E-state index in [1.54, 1.807) is 0 Å². The Hall–Kier alpha value is -7.66. The maximum Gasteiger partial charge on any atom is 0.213 e. The molecule has 0 amide bonds. The van der Waals surface area contributed by atoms with Crippen LogP contribution in [0.15, 0.2) is 235 Å². The zero-order chi connectivity index (χ0) is 39.6. The number of rotatable bonds is 7. The molecule has 3 aromatic heterocycles. The molecule has 0 saturated carbocycles. The van der Waals surface area contributed by atoms with Crippen LogP contribution in [0.2, 0.25) is 0 Å². The van der Waals surface area contributed by atoms with Gasteiger partial charge in [-0.2, -0.15) is 0 Å². The van der Waals surface area contributed by atoms with Gasteiger partial charge in [-0.05, 0) is 86.5 Å². The van der Waals surface area contributed by atoms with E-state index in [1.165, 1.54) is 53.5 Å². The second-order valence-electron chi connectivity index (χ2n) is 15.7. The summed E-state index contributed by atoms with van der Waals surface area (Å²) in [5.41, 5.74) is 9.85. The second-order valence-corrected chi connectivity index (χ2v) is 19.5. The average molecular weight is 783 g/mol. The Morgan fingerprint density at radius 1 is 0.317 bits per heavy atom. The van der Waals surface area contributed by atoms with E-state index in [1.807, 2.05) is 6.07 Å². The van der Waals surface area contributed by atoms with Crippen LogP contribution in [0.5, 0.6) is 0 Å². The summed E-state index contributed by atoms with van der Waals surface area (Å²) in [5.74, 6) is 0. The van der Waals surface area contributed by atoms with Crippen LogP contribution in [-0.4, -0.2) is 17.2 Å². The van der Waals surface area contributed by atoms with Crippen LogP contribution in [-0.2, 0) is 0 Å². The number of fused-ring (bicyclic) bond motifs is 8. The van der Waals surface area contributed by atoms with Gasteiger partial charge >= 0.3 is 0 Å². The quantitative estimate of drug-likeness (QED) is 0.117. The van der Waals surface area contributed by atoms with Crippen LogP contribution >= 0.6 is 0 Å². The Labute approximate surface area is 348 Å². The molecule has 282 valence electrons. The molecule has 0 aliphatic heterocycles. The monoisotopic (exact) mass is 782 g/mol. The molecule has 4 heteroatoms. The van der Waals surface area contributed by atoms with Crippen molar-refractivity contribution in [1.29, 1.82) is 0 Å². The molecule has 12 rings (SSSR count). The summed E-state index contributed by atoms with van der Waals surface area (Å²) < 4.78 is 11.2. The highest BCUT2D eigenvalue weighted by Crippen LogP contribution is 2.40. The van der Waals surface area contributed by atoms with E-state index in [0.717, 1.165) is 44.5 Å². The van der Waals surface area contributed by atoms with E-state index in [9.17, 15) is 0 Å². The molecule has 0 saturated heterocycles. The summed E-state index contributed by atoms with van der Waals surface area (Å²) in [5, 5.41) is 11.4. The summed E-state index contributed by atoms with van der Waals surface area (Å²) in [6.07, 6.45) is 0. The molecule has 0 aliphatic carbocycles. The highest BCUT2D eigenvalue weighted by atomic mass is 28.3. The molecule has 12 aromatic rings. The molecule has 3 heterocycles. The van der Waals surface area contributed by atoms with Crippen molar-refractivity contribution < 1.29 is 4.42 Å². The van der Waals surface area contributed by atoms with Gasteiger partial charge in [-0.25, -0.2) is 0 Å². The molecular weight excluding hydrogens is 745 g/mol. The molecule has 0 atom stereocenters. The van der Waals surface area contributed by atoms with E-state index in [4.69, 9.17) is 4.42 Å². The largest absolute Gasteiger partial charge is 0.439 e. The topological polar surface area (TPSA) is 23.0 Å². The molecule has 60 heavy (non-hydrogen) atoms. The lowest BCUT2D eigenvalue weighted by atomic mass is 10.0. The molecule has 0 fully saturated rings. The molecule has 3 nitrogen and oxygen atoms in total. The van der Waals surface area contributed by atoms with Crippen molar-refractivity contribution in [3.8, 4) is 22.5 Å². The number of furan rings is 1. The summed E-state index contributed by atoms with van der Waals surface area (Å²) in [7, 11) is -2.75. The third-order valence-corrected chi connectivity index (χ3v) is 17.3. The fourth-order valence-corrected chi connectivity index (χ4v) is 14.6. The minimum Gasteiger partial charge on any atom is -0.439 e. The van der Waals surface area contributed by atoms with E-state index < -0.39 is 8.07 Å². The predicted molar refractivity (Wildman–Crippen MR) is 254 cm³/mol. The number of aromatic nitrogens is 2. The first-order valence-electron chi connectivity index (χ1n) is 20.6. The highest BCUT2D eigenvalue weighted by Gasteiger charge is 2.41. The number of nitrogens with zero attached hydrogens (tertiary/aromatic N) is 2. The van der Waals surface area contributed by atoms with Gasteiger partial charge in [0.05, 0.1) is 21.9 Å². The van der Waals surface area contributed by atoms with Gasteiger partial charge in [-0.3, -0.25) is 4.57 Å². The zero-order valence-corrected chi connectivity index (χ0v) is 33.7. The van der Waals surface area contributed by atoms with Crippen molar-refractivity contribution in [3.05, 3.63) is 231 Å². The fourth-order valence-electron chi connectivity index (χ4n) is 9.85. The minimum absolute atomic E-state index is 0.872. The zero-order valence-electron chi connectivity index (χ0n) is 32.7. The maximum atomic E-state index is 6.55. The third-order valence-electron chi connectivity index (χ3n) is 12.5. The highest BCUT2D eigenvalue weighted by molar-refractivity contribution is 7.20. The molecule has 0 bridgehead atoms. The molecule has 0 unspecified atom stereocenters.